The van der Waals surface area contributed by atoms with Gasteiger partial charge in [0.1, 0.15) is 11.8 Å². The zero-order valence-corrected chi connectivity index (χ0v) is 16.9. The number of carbonyl (C=O) groups is 1. The molecule has 6 nitrogen and oxygen atoms in total. The molecule has 0 atom stereocenters. The molecule has 4 rings (SSSR count). The first-order valence-corrected chi connectivity index (χ1v) is 9.98. The van der Waals surface area contributed by atoms with Crippen LogP contribution in [0.3, 0.4) is 0 Å². The molecule has 0 saturated heterocycles. The van der Waals surface area contributed by atoms with Crippen LogP contribution in [0.5, 0.6) is 0 Å². The van der Waals surface area contributed by atoms with Crippen LogP contribution in [0.2, 0.25) is 5.15 Å². The number of ether oxygens (including phenoxy) is 1. The van der Waals surface area contributed by atoms with Crippen LogP contribution in [0.4, 0.5) is 0 Å². The molecular weight excluding hydrogens is 396 g/mol. The summed E-state index contributed by atoms with van der Waals surface area (Å²) in [4.78, 5) is 22.6. The maximum Gasteiger partial charge on any atom is 0.339 e. The molecule has 0 aliphatic heterocycles. The van der Waals surface area contributed by atoms with E-state index >= 15 is 0 Å². The summed E-state index contributed by atoms with van der Waals surface area (Å²) in [6.45, 7) is 4.16. The van der Waals surface area contributed by atoms with Crippen LogP contribution in [-0.4, -0.2) is 25.7 Å². The van der Waals surface area contributed by atoms with Gasteiger partial charge in [0.15, 0.2) is 5.65 Å². The molecule has 4 aromatic heterocycles. The van der Waals surface area contributed by atoms with Crippen LogP contribution in [0.1, 0.15) is 35.8 Å². The maximum atomic E-state index is 12.9. The summed E-state index contributed by atoms with van der Waals surface area (Å²) < 4.78 is 7.33. The van der Waals surface area contributed by atoms with E-state index in [9.17, 15) is 4.79 Å². The predicted octanol–water partition coefficient (Wildman–Crippen LogP) is 5.15. The number of fused-ring (bicyclic) bond motifs is 1. The highest BCUT2D eigenvalue weighted by Crippen LogP contribution is 2.29. The Kier molecular flexibility index (Phi) is 5.11. The molecule has 0 aliphatic rings. The third-order valence-electron chi connectivity index (χ3n) is 4.21. The number of thiophene rings is 1. The van der Waals surface area contributed by atoms with Crippen LogP contribution in [0.25, 0.3) is 21.6 Å². The number of halogens is 1. The minimum atomic E-state index is -0.427. The molecule has 0 bridgehead atoms. The summed E-state index contributed by atoms with van der Waals surface area (Å²) >= 11 is 7.36. The molecule has 142 valence electrons. The number of aromatic nitrogens is 4. The summed E-state index contributed by atoms with van der Waals surface area (Å²) in [5.41, 5.74) is 2.60. The van der Waals surface area contributed by atoms with Gasteiger partial charge in [-0.1, -0.05) is 23.7 Å². The monoisotopic (exact) mass is 412 g/mol. The third-order valence-corrected chi connectivity index (χ3v) is 5.32. The number of rotatable bonds is 5. The zero-order chi connectivity index (χ0) is 19.7. The number of nitrogens with zero attached hydrogens (tertiary/aromatic N) is 4. The second-order valence-corrected chi connectivity index (χ2v) is 7.85. The van der Waals surface area contributed by atoms with Gasteiger partial charge in [-0.3, -0.25) is 0 Å². The van der Waals surface area contributed by atoms with E-state index in [-0.39, 0.29) is 12.6 Å². The van der Waals surface area contributed by atoms with Crippen molar-refractivity contribution in [1.82, 2.24) is 19.7 Å². The lowest BCUT2D eigenvalue weighted by molar-refractivity contribution is 0.0474. The number of carbonyl (C=O) groups excluding carboxylic acids is 1. The summed E-state index contributed by atoms with van der Waals surface area (Å²) in [6.07, 6.45) is 3.26. The standard InChI is InChI=1S/C20H17ClN4O2S/c1-12(2)25-19-15(10-23-25)14(8-16(24-19)17-4-3-7-28-17)20(26)27-11-13-5-6-18(21)22-9-13/h3-10,12H,11H2,1-2H3. The van der Waals surface area contributed by atoms with Crippen LogP contribution < -0.4 is 0 Å². The van der Waals surface area contributed by atoms with Crippen LogP contribution in [0, 0.1) is 0 Å². The van der Waals surface area contributed by atoms with Crippen LogP contribution >= 0.6 is 22.9 Å². The van der Waals surface area contributed by atoms with E-state index in [2.05, 4.69) is 10.1 Å². The molecule has 0 aromatic carbocycles. The molecule has 8 heteroatoms. The largest absolute Gasteiger partial charge is 0.457 e. The van der Waals surface area contributed by atoms with Crippen LogP contribution in [-0.2, 0) is 11.3 Å². The van der Waals surface area contributed by atoms with E-state index in [4.69, 9.17) is 21.3 Å². The molecule has 0 saturated carbocycles. The minimum Gasteiger partial charge on any atom is -0.457 e. The molecule has 4 aromatic rings. The molecular formula is C20H17ClN4O2S. The Labute approximate surface area is 170 Å². The molecule has 0 fully saturated rings. The predicted molar refractivity (Wildman–Crippen MR) is 110 cm³/mol. The van der Waals surface area contributed by atoms with Crippen molar-refractivity contribution in [3.05, 3.63) is 64.4 Å². The molecule has 0 aliphatic carbocycles. The van der Waals surface area contributed by atoms with E-state index in [1.165, 1.54) is 0 Å². The summed E-state index contributed by atoms with van der Waals surface area (Å²) in [7, 11) is 0. The van der Waals surface area contributed by atoms with Crippen molar-refractivity contribution in [3.8, 4) is 10.6 Å². The van der Waals surface area contributed by atoms with E-state index in [0.29, 0.717) is 21.7 Å². The normalized spacial score (nSPS) is 11.3. The average molecular weight is 413 g/mol. The Hall–Kier alpha value is -2.77. The summed E-state index contributed by atoms with van der Waals surface area (Å²) in [6, 6.07) is 9.26. The third kappa shape index (κ3) is 3.63. The van der Waals surface area contributed by atoms with Crippen molar-refractivity contribution >= 4 is 39.9 Å². The Balaban J connectivity index is 1.72. The Morgan fingerprint density at radius 2 is 2.14 bits per heavy atom. The van der Waals surface area contributed by atoms with Crippen molar-refractivity contribution in [2.75, 3.05) is 0 Å². The fraction of sp³-hybridized carbons (Fsp3) is 0.200. The lowest BCUT2D eigenvalue weighted by atomic mass is 10.1. The quantitative estimate of drug-likeness (QED) is 0.335. The van der Waals surface area contributed by atoms with Gasteiger partial charge in [0.05, 0.1) is 27.7 Å². The van der Waals surface area contributed by atoms with E-state index < -0.39 is 5.97 Å². The van der Waals surface area contributed by atoms with Crippen molar-refractivity contribution in [2.24, 2.45) is 0 Å². The number of pyridine rings is 2. The summed E-state index contributed by atoms with van der Waals surface area (Å²) in [5.74, 6) is -0.427. The van der Waals surface area contributed by atoms with Gasteiger partial charge in [0.2, 0.25) is 0 Å². The number of hydrogen-bond donors (Lipinski definition) is 0. The fourth-order valence-electron chi connectivity index (χ4n) is 2.83. The minimum absolute atomic E-state index is 0.111. The van der Waals surface area contributed by atoms with Gasteiger partial charge in [-0.25, -0.2) is 19.4 Å². The van der Waals surface area contributed by atoms with Gasteiger partial charge < -0.3 is 4.74 Å². The first-order valence-electron chi connectivity index (χ1n) is 8.72. The second-order valence-electron chi connectivity index (χ2n) is 6.52. The molecule has 28 heavy (non-hydrogen) atoms. The number of esters is 1. The molecule has 0 amide bonds. The SMILES string of the molecule is CC(C)n1ncc2c(C(=O)OCc3ccc(Cl)nc3)cc(-c3cccs3)nc21. The number of hydrogen-bond acceptors (Lipinski definition) is 6. The Morgan fingerprint density at radius 1 is 1.29 bits per heavy atom. The molecule has 0 N–H and O–H groups in total. The van der Waals surface area contributed by atoms with Crippen molar-refractivity contribution < 1.29 is 9.53 Å². The van der Waals surface area contributed by atoms with Gasteiger partial charge in [0.25, 0.3) is 0 Å². The average Bonchev–Trinajstić information content (AvgIpc) is 3.36. The van der Waals surface area contributed by atoms with Crippen molar-refractivity contribution in [1.29, 1.82) is 0 Å². The van der Waals surface area contributed by atoms with Gasteiger partial charge in [-0.2, -0.15) is 5.10 Å². The molecule has 4 heterocycles. The maximum absolute atomic E-state index is 12.9. The fourth-order valence-corrected chi connectivity index (χ4v) is 3.63. The highest BCUT2D eigenvalue weighted by molar-refractivity contribution is 7.13. The highest BCUT2D eigenvalue weighted by atomic mass is 35.5. The molecule has 0 radical (unpaired) electrons. The first-order chi connectivity index (χ1) is 13.5. The van der Waals surface area contributed by atoms with Gasteiger partial charge in [-0.05, 0) is 37.4 Å². The van der Waals surface area contributed by atoms with Gasteiger partial charge in [0, 0.05) is 17.8 Å². The van der Waals surface area contributed by atoms with E-state index in [0.717, 1.165) is 16.1 Å². The highest BCUT2D eigenvalue weighted by Gasteiger charge is 2.20. The zero-order valence-electron chi connectivity index (χ0n) is 15.3. The van der Waals surface area contributed by atoms with E-state index in [1.807, 2.05) is 36.0 Å². The first kappa shape index (κ1) is 18.6. The lowest BCUT2D eigenvalue weighted by Crippen LogP contribution is -2.08. The smallest absolute Gasteiger partial charge is 0.339 e. The second kappa shape index (κ2) is 7.69. The topological polar surface area (TPSA) is 69.9 Å². The Bertz CT molecular complexity index is 1120. The van der Waals surface area contributed by atoms with Crippen LogP contribution in [0.15, 0.2) is 48.1 Å². The van der Waals surface area contributed by atoms with E-state index in [1.54, 1.807) is 41.9 Å². The van der Waals surface area contributed by atoms with Crippen molar-refractivity contribution in [2.45, 2.75) is 26.5 Å². The lowest BCUT2D eigenvalue weighted by Gasteiger charge is -2.10. The van der Waals surface area contributed by atoms with Gasteiger partial charge >= 0.3 is 5.97 Å². The van der Waals surface area contributed by atoms with Gasteiger partial charge in [-0.15, -0.1) is 11.3 Å². The molecule has 0 spiro atoms. The molecule has 0 unspecified atom stereocenters. The Morgan fingerprint density at radius 3 is 2.82 bits per heavy atom. The van der Waals surface area contributed by atoms with Crippen molar-refractivity contribution in [3.63, 3.8) is 0 Å². The summed E-state index contributed by atoms with van der Waals surface area (Å²) in [5, 5.41) is 7.46.